The van der Waals surface area contributed by atoms with Gasteiger partial charge in [-0.25, -0.2) is 9.78 Å². The van der Waals surface area contributed by atoms with Crippen molar-refractivity contribution in [3.8, 4) is 5.75 Å². The second-order valence-electron chi connectivity index (χ2n) is 8.11. The number of nitrogens with zero attached hydrogens (tertiary/aromatic N) is 4. The summed E-state index contributed by atoms with van der Waals surface area (Å²) >= 11 is 1.59. The summed E-state index contributed by atoms with van der Waals surface area (Å²) in [4.78, 5) is 47.4. The number of carbonyl (C=O) groups is 3. The predicted molar refractivity (Wildman–Crippen MR) is 127 cm³/mol. The van der Waals surface area contributed by atoms with E-state index in [0.717, 1.165) is 53.0 Å². The number of thiazole rings is 1. The average Bonchev–Trinajstić information content (AvgIpc) is 3.41. The maximum atomic E-state index is 12.8. The Hall–Kier alpha value is -3.30. The molecule has 9 heteroatoms. The number of benzene rings is 2. The molecule has 2 aromatic carbocycles. The lowest BCUT2D eigenvalue weighted by molar-refractivity contribution is -0.121. The molecule has 0 radical (unpaired) electrons. The van der Waals surface area contributed by atoms with Crippen molar-refractivity contribution in [3.63, 3.8) is 0 Å². The average molecular weight is 465 g/mol. The summed E-state index contributed by atoms with van der Waals surface area (Å²) in [6.07, 6.45) is 0.386. The first-order valence-electron chi connectivity index (χ1n) is 11.1. The van der Waals surface area contributed by atoms with Crippen LogP contribution in [0.3, 0.4) is 0 Å². The van der Waals surface area contributed by atoms with E-state index in [4.69, 9.17) is 9.72 Å². The highest BCUT2D eigenvalue weighted by atomic mass is 32.1. The molecule has 0 N–H and O–H groups in total. The van der Waals surface area contributed by atoms with Gasteiger partial charge in [0.1, 0.15) is 5.75 Å². The highest BCUT2D eigenvalue weighted by Gasteiger charge is 2.30. The van der Waals surface area contributed by atoms with Gasteiger partial charge in [-0.2, -0.15) is 0 Å². The van der Waals surface area contributed by atoms with Gasteiger partial charge in [0.15, 0.2) is 5.13 Å². The fourth-order valence-corrected chi connectivity index (χ4v) is 5.20. The van der Waals surface area contributed by atoms with Gasteiger partial charge in [0.2, 0.25) is 11.8 Å². The van der Waals surface area contributed by atoms with Crippen LogP contribution in [0, 0.1) is 0 Å². The van der Waals surface area contributed by atoms with E-state index in [-0.39, 0.29) is 30.2 Å². The molecule has 2 aliphatic heterocycles. The zero-order chi connectivity index (χ0) is 22.9. The highest BCUT2D eigenvalue weighted by molar-refractivity contribution is 7.22. The van der Waals surface area contributed by atoms with Crippen LogP contribution in [0.4, 0.5) is 10.8 Å². The van der Waals surface area contributed by atoms with Crippen LogP contribution in [0.1, 0.15) is 30.1 Å². The van der Waals surface area contributed by atoms with Crippen molar-refractivity contribution in [2.45, 2.75) is 19.8 Å². The molecule has 0 bridgehead atoms. The number of hydrogen-bond acceptors (Lipinski definition) is 8. The minimum atomic E-state index is -0.546. The highest BCUT2D eigenvalue weighted by Crippen LogP contribution is 2.32. The third kappa shape index (κ3) is 4.34. The molecule has 5 rings (SSSR count). The number of carbonyl (C=O) groups excluding carboxylic acids is 3. The second kappa shape index (κ2) is 8.92. The summed E-state index contributed by atoms with van der Waals surface area (Å²) in [6, 6.07) is 11.8. The van der Waals surface area contributed by atoms with Gasteiger partial charge in [-0.3, -0.25) is 14.5 Å². The van der Waals surface area contributed by atoms with Crippen LogP contribution in [0.25, 0.3) is 10.2 Å². The van der Waals surface area contributed by atoms with Crippen molar-refractivity contribution < 1.29 is 19.1 Å². The van der Waals surface area contributed by atoms with E-state index < -0.39 is 5.97 Å². The number of hydrogen-bond donors (Lipinski definition) is 0. The molecule has 8 nitrogen and oxygen atoms in total. The van der Waals surface area contributed by atoms with E-state index in [1.165, 1.54) is 6.07 Å². The normalized spacial score (nSPS) is 17.2. The Morgan fingerprint density at radius 1 is 1.03 bits per heavy atom. The molecule has 2 amide bonds. The molecule has 2 saturated heterocycles. The van der Waals surface area contributed by atoms with Gasteiger partial charge in [-0.05, 0) is 36.9 Å². The van der Waals surface area contributed by atoms with Crippen LogP contribution in [0.5, 0.6) is 5.75 Å². The molecule has 3 aromatic rings. The Morgan fingerprint density at radius 2 is 1.79 bits per heavy atom. The molecular weight excluding hydrogens is 440 g/mol. The zero-order valence-corrected chi connectivity index (χ0v) is 19.1. The third-order valence-electron chi connectivity index (χ3n) is 6.04. The van der Waals surface area contributed by atoms with Crippen molar-refractivity contribution in [1.29, 1.82) is 0 Å². The standard InChI is InChI=1S/C24H24N4O4S/c1-2-26-10-12-27(13-11-26)24-25-19-7-6-18(15-20(19)33-24)32-23(31)16-4-3-5-17(14-16)28-21(29)8-9-22(28)30/h3-7,14-15H,2,8-13H2,1H3. The number of ether oxygens (including phenoxy) is 1. The number of likely N-dealkylation sites (N-methyl/N-ethyl adjacent to an activating group) is 1. The van der Waals surface area contributed by atoms with Crippen LogP contribution >= 0.6 is 11.3 Å². The molecule has 0 aliphatic carbocycles. The van der Waals surface area contributed by atoms with E-state index in [2.05, 4.69) is 16.7 Å². The van der Waals surface area contributed by atoms with Gasteiger partial charge >= 0.3 is 5.97 Å². The fraction of sp³-hybridized carbons (Fsp3) is 0.333. The lowest BCUT2D eigenvalue weighted by Gasteiger charge is -2.33. The van der Waals surface area contributed by atoms with Gasteiger partial charge in [0.25, 0.3) is 0 Å². The fourth-order valence-electron chi connectivity index (χ4n) is 4.15. The number of rotatable bonds is 5. The molecule has 33 heavy (non-hydrogen) atoms. The van der Waals surface area contributed by atoms with Crippen molar-refractivity contribution in [3.05, 3.63) is 48.0 Å². The van der Waals surface area contributed by atoms with Gasteiger partial charge in [-0.1, -0.05) is 24.3 Å². The summed E-state index contributed by atoms with van der Waals surface area (Å²) in [6.45, 7) is 7.21. The quantitative estimate of drug-likeness (QED) is 0.325. The predicted octanol–water partition coefficient (Wildman–Crippen LogP) is 3.31. The molecule has 3 heterocycles. The van der Waals surface area contributed by atoms with Crippen LogP contribution in [0.2, 0.25) is 0 Å². The molecule has 0 unspecified atom stereocenters. The van der Waals surface area contributed by atoms with E-state index >= 15 is 0 Å². The van der Waals surface area contributed by atoms with Gasteiger partial charge < -0.3 is 14.5 Å². The molecule has 0 spiro atoms. The lowest BCUT2D eigenvalue weighted by Crippen LogP contribution is -2.46. The number of imide groups is 1. The molecule has 2 aliphatic rings. The number of aromatic nitrogens is 1. The molecule has 0 atom stereocenters. The monoisotopic (exact) mass is 464 g/mol. The van der Waals surface area contributed by atoms with Crippen molar-refractivity contribution in [1.82, 2.24) is 9.88 Å². The molecule has 1 aromatic heterocycles. The first kappa shape index (κ1) is 21.5. The maximum absolute atomic E-state index is 12.8. The van der Waals surface area contributed by atoms with Crippen LogP contribution in [-0.4, -0.2) is 60.4 Å². The van der Waals surface area contributed by atoms with Crippen molar-refractivity contribution in [2.24, 2.45) is 0 Å². The van der Waals surface area contributed by atoms with E-state index in [1.807, 2.05) is 12.1 Å². The van der Waals surface area contributed by atoms with Gasteiger partial charge in [0.05, 0.1) is 21.5 Å². The smallest absolute Gasteiger partial charge is 0.343 e. The lowest BCUT2D eigenvalue weighted by atomic mass is 10.2. The summed E-state index contributed by atoms with van der Waals surface area (Å²) < 4.78 is 6.55. The molecule has 2 fully saturated rings. The third-order valence-corrected chi connectivity index (χ3v) is 7.12. The van der Waals surface area contributed by atoms with Crippen LogP contribution in [-0.2, 0) is 9.59 Å². The molecular formula is C24H24N4O4S. The summed E-state index contributed by atoms with van der Waals surface area (Å²) in [7, 11) is 0. The maximum Gasteiger partial charge on any atom is 0.343 e. The zero-order valence-electron chi connectivity index (χ0n) is 18.3. The van der Waals surface area contributed by atoms with E-state index in [9.17, 15) is 14.4 Å². The van der Waals surface area contributed by atoms with E-state index in [0.29, 0.717) is 11.4 Å². The second-order valence-corrected chi connectivity index (χ2v) is 9.12. The summed E-state index contributed by atoms with van der Waals surface area (Å²) in [5.74, 6) is -0.630. The number of piperazine rings is 1. The topological polar surface area (TPSA) is 83.1 Å². The minimum Gasteiger partial charge on any atom is -0.423 e. The Bertz CT molecular complexity index is 1220. The Morgan fingerprint density at radius 3 is 2.52 bits per heavy atom. The molecule has 0 saturated carbocycles. The first-order chi connectivity index (χ1) is 16.0. The van der Waals surface area contributed by atoms with Gasteiger partial charge in [0, 0.05) is 45.1 Å². The van der Waals surface area contributed by atoms with Crippen molar-refractivity contribution >= 4 is 50.2 Å². The van der Waals surface area contributed by atoms with Crippen LogP contribution < -0.4 is 14.5 Å². The summed E-state index contributed by atoms with van der Waals surface area (Å²) in [5, 5.41) is 0.983. The Kier molecular flexibility index (Phi) is 5.82. The Balaban J connectivity index is 1.31. The SMILES string of the molecule is CCN1CCN(c2nc3ccc(OC(=O)c4cccc(N5C(=O)CCC5=O)c4)cc3s2)CC1. The Labute approximate surface area is 195 Å². The largest absolute Gasteiger partial charge is 0.423 e. The first-order valence-corrected chi connectivity index (χ1v) is 11.9. The van der Waals surface area contributed by atoms with E-state index in [1.54, 1.807) is 35.6 Å². The number of anilines is 2. The van der Waals surface area contributed by atoms with Gasteiger partial charge in [-0.15, -0.1) is 0 Å². The van der Waals surface area contributed by atoms with Crippen LogP contribution in [0.15, 0.2) is 42.5 Å². The number of fused-ring (bicyclic) bond motifs is 1. The summed E-state index contributed by atoms with van der Waals surface area (Å²) in [5.41, 5.74) is 1.54. The van der Waals surface area contributed by atoms with Crippen molar-refractivity contribution in [2.75, 3.05) is 42.5 Å². The minimum absolute atomic E-state index is 0.193. The molecule has 170 valence electrons. The number of amides is 2. The number of esters is 1.